The van der Waals surface area contributed by atoms with Crippen molar-refractivity contribution in [2.45, 2.75) is 19.6 Å². The number of nitriles is 1. The molecular weight excluding hydrogens is 476 g/mol. The molecule has 1 aromatic heterocycles. The number of halogens is 1. The molecule has 0 spiro atoms. The van der Waals surface area contributed by atoms with Crippen LogP contribution in [0.2, 0.25) is 5.15 Å². The summed E-state index contributed by atoms with van der Waals surface area (Å²) in [5, 5.41) is 9.37. The maximum Gasteiger partial charge on any atom is 0.254 e. The molecule has 1 saturated heterocycles. The third-order valence-electron chi connectivity index (χ3n) is 6.25. The number of hydrogen-bond donors (Lipinski definition) is 0. The Labute approximate surface area is 216 Å². The highest BCUT2D eigenvalue weighted by atomic mass is 35.5. The lowest BCUT2D eigenvalue weighted by Crippen LogP contribution is -2.49. The first kappa shape index (κ1) is 25.6. The maximum absolute atomic E-state index is 13.0. The molecule has 0 saturated carbocycles. The Bertz CT molecular complexity index is 1210. The van der Waals surface area contributed by atoms with Crippen LogP contribution in [0, 0.1) is 18.3 Å². The number of aryl methyl sites for hydroxylation is 1. The van der Waals surface area contributed by atoms with Gasteiger partial charge in [-0.15, -0.1) is 0 Å². The van der Waals surface area contributed by atoms with Gasteiger partial charge in [0, 0.05) is 44.0 Å². The van der Waals surface area contributed by atoms with Crippen molar-refractivity contribution < 1.29 is 14.3 Å². The first-order valence-electron chi connectivity index (χ1n) is 11.9. The lowest BCUT2D eigenvalue weighted by molar-refractivity contribution is 0.00333. The number of rotatable bonds is 8. The summed E-state index contributed by atoms with van der Waals surface area (Å²) < 4.78 is 11.8. The number of carbonyl (C=O) groups excluding carboxylic acids is 1. The number of pyridine rings is 1. The van der Waals surface area contributed by atoms with E-state index in [1.807, 2.05) is 48.2 Å². The highest BCUT2D eigenvalue weighted by Gasteiger charge is 2.25. The molecule has 1 atom stereocenters. The molecule has 2 aromatic carbocycles. The average molecular weight is 505 g/mol. The van der Waals surface area contributed by atoms with Crippen molar-refractivity contribution in [1.82, 2.24) is 14.8 Å². The van der Waals surface area contributed by atoms with Crippen molar-refractivity contribution >= 4 is 17.5 Å². The summed E-state index contributed by atoms with van der Waals surface area (Å²) >= 11 is 6.06. The number of piperazine rings is 1. The minimum Gasteiger partial charge on any atom is -0.497 e. The summed E-state index contributed by atoms with van der Waals surface area (Å²) in [6, 6.07) is 20.9. The van der Waals surface area contributed by atoms with Gasteiger partial charge in [0.15, 0.2) is 0 Å². The second kappa shape index (κ2) is 12.0. The van der Waals surface area contributed by atoms with Crippen molar-refractivity contribution in [2.75, 3.05) is 39.8 Å². The molecule has 0 N–H and O–H groups in total. The van der Waals surface area contributed by atoms with Crippen LogP contribution in [0.15, 0.2) is 60.7 Å². The Morgan fingerprint density at radius 1 is 1.11 bits per heavy atom. The quantitative estimate of drug-likeness (QED) is 0.416. The lowest BCUT2D eigenvalue weighted by Gasteiger charge is -2.36. The van der Waals surface area contributed by atoms with Crippen LogP contribution in [-0.2, 0) is 11.3 Å². The third-order valence-corrected chi connectivity index (χ3v) is 6.45. The van der Waals surface area contributed by atoms with Crippen LogP contribution in [-0.4, -0.2) is 60.5 Å². The summed E-state index contributed by atoms with van der Waals surface area (Å²) in [7, 11) is 1.65. The van der Waals surface area contributed by atoms with E-state index in [1.54, 1.807) is 31.4 Å². The molecule has 2 heterocycles. The fourth-order valence-corrected chi connectivity index (χ4v) is 4.52. The van der Waals surface area contributed by atoms with Gasteiger partial charge in [-0.25, -0.2) is 4.98 Å². The number of hydrogen-bond acceptors (Lipinski definition) is 6. The van der Waals surface area contributed by atoms with Gasteiger partial charge in [0.1, 0.15) is 10.9 Å². The molecule has 186 valence electrons. The Kier molecular flexibility index (Phi) is 8.55. The van der Waals surface area contributed by atoms with Gasteiger partial charge in [0.05, 0.1) is 31.5 Å². The molecule has 0 aliphatic carbocycles. The van der Waals surface area contributed by atoms with Crippen LogP contribution >= 0.6 is 11.6 Å². The number of amides is 1. The van der Waals surface area contributed by atoms with E-state index in [1.165, 1.54) is 0 Å². The van der Waals surface area contributed by atoms with Gasteiger partial charge in [0.2, 0.25) is 0 Å². The number of aromatic nitrogens is 1. The Morgan fingerprint density at radius 2 is 1.86 bits per heavy atom. The van der Waals surface area contributed by atoms with E-state index >= 15 is 0 Å². The van der Waals surface area contributed by atoms with Crippen molar-refractivity contribution in [3.05, 3.63) is 93.8 Å². The highest BCUT2D eigenvalue weighted by Crippen LogP contribution is 2.25. The topological polar surface area (TPSA) is 78.7 Å². The second-order valence-electron chi connectivity index (χ2n) is 8.80. The monoisotopic (exact) mass is 504 g/mol. The average Bonchev–Trinajstić information content (AvgIpc) is 2.90. The van der Waals surface area contributed by atoms with E-state index in [4.69, 9.17) is 26.3 Å². The maximum atomic E-state index is 13.0. The normalized spacial score (nSPS) is 14.8. The van der Waals surface area contributed by atoms with Gasteiger partial charge in [0.25, 0.3) is 5.91 Å². The minimum atomic E-state index is -0.181. The van der Waals surface area contributed by atoms with Gasteiger partial charge in [-0.05, 0) is 54.4 Å². The van der Waals surface area contributed by atoms with Gasteiger partial charge in [-0.1, -0.05) is 35.9 Å². The van der Waals surface area contributed by atoms with Crippen LogP contribution in [0.5, 0.6) is 5.75 Å². The summed E-state index contributed by atoms with van der Waals surface area (Å²) in [5.74, 6) is 0.754. The predicted octanol–water partition coefficient (Wildman–Crippen LogP) is 4.64. The SMILES string of the molecule is COc1cccc(C(CN2CCN(C(=O)c3cc(C)nc(Cl)c3)CC2)OCc2ccc(C#N)cc2)c1. The molecule has 1 aliphatic heterocycles. The molecule has 3 aromatic rings. The van der Waals surface area contributed by atoms with Crippen molar-refractivity contribution in [3.63, 3.8) is 0 Å². The summed E-state index contributed by atoms with van der Waals surface area (Å²) in [6.07, 6.45) is -0.181. The number of methoxy groups -OCH3 is 1. The van der Waals surface area contributed by atoms with E-state index in [0.29, 0.717) is 42.5 Å². The lowest BCUT2D eigenvalue weighted by atomic mass is 10.1. The molecule has 0 bridgehead atoms. The Balaban J connectivity index is 1.41. The van der Waals surface area contributed by atoms with Gasteiger partial charge >= 0.3 is 0 Å². The van der Waals surface area contributed by atoms with E-state index < -0.39 is 0 Å². The van der Waals surface area contributed by atoms with Crippen LogP contribution in [0.3, 0.4) is 0 Å². The molecule has 8 heteroatoms. The first-order chi connectivity index (χ1) is 17.4. The Morgan fingerprint density at radius 3 is 2.53 bits per heavy atom. The molecule has 1 aliphatic rings. The van der Waals surface area contributed by atoms with Gasteiger partial charge in [-0.3, -0.25) is 9.69 Å². The van der Waals surface area contributed by atoms with E-state index in [0.717, 1.165) is 35.7 Å². The highest BCUT2D eigenvalue weighted by molar-refractivity contribution is 6.29. The van der Waals surface area contributed by atoms with Crippen molar-refractivity contribution in [1.29, 1.82) is 5.26 Å². The van der Waals surface area contributed by atoms with Gasteiger partial charge < -0.3 is 14.4 Å². The zero-order chi connectivity index (χ0) is 25.5. The van der Waals surface area contributed by atoms with Crippen LogP contribution in [0.1, 0.15) is 38.8 Å². The molecule has 36 heavy (non-hydrogen) atoms. The van der Waals surface area contributed by atoms with E-state index in [9.17, 15) is 4.79 Å². The van der Waals surface area contributed by atoms with E-state index in [-0.39, 0.29) is 12.0 Å². The number of nitrogens with zero attached hydrogens (tertiary/aromatic N) is 4. The molecule has 0 radical (unpaired) electrons. The second-order valence-corrected chi connectivity index (χ2v) is 9.18. The largest absolute Gasteiger partial charge is 0.497 e. The molecule has 7 nitrogen and oxygen atoms in total. The fraction of sp³-hybridized carbons (Fsp3) is 0.321. The summed E-state index contributed by atoms with van der Waals surface area (Å²) in [6.45, 7) is 5.67. The predicted molar refractivity (Wildman–Crippen MR) is 138 cm³/mol. The standard InChI is InChI=1S/C28H29ClN4O3/c1-20-14-24(16-27(29)31-20)28(34)33-12-10-32(11-13-33)18-26(23-4-3-5-25(15-23)35-2)36-19-22-8-6-21(17-30)7-9-22/h3-9,14-16,26H,10-13,18-19H2,1-2H3. The third kappa shape index (κ3) is 6.61. The smallest absolute Gasteiger partial charge is 0.254 e. The van der Waals surface area contributed by atoms with Crippen molar-refractivity contribution in [2.24, 2.45) is 0 Å². The van der Waals surface area contributed by atoms with Crippen LogP contribution in [0.25, 0.3) is 0 Å². The van der Waals surface area contributed by atoms with Crippen LogP contribution < -0.4 is 4.74 Å². The van der Waals surface area contributed by atoms with E-state index in [2.05, 4.69) is 16.0 Å². The number of benzene rings is 2. The molecule has 1 amide bonds. The number of carbonyl (C=O) groups is 1. The fourth-order valence-electron chi connectivity index (χ4n) is 4.27. The minimum absolute atomic E-state index is 0.0246. The molecule has 4 rings (SSSR count). The molecule has 1 unspecified atom stereocenters. The molecular formula is C28H29ClN4O3. The van der Waals surface area contributed by atoms with Crippen LogP contribution in [0.4, 0.5) is 0 Å². The molecule has 1 fully saturated rings. The Hall–Kier alpha value is -3.44. The van der Waals surface area contributed by atoms with Crippen molar-refractivity contribution in [3.8, 4) is 11.8 Å². The number of ether oxygens (including phenoxy) is 2. The summed E-state index contributed by atoms with van der Waals surface area (Å²) in [4.78, 5) is 21.3. The first-order valence-corrected chi connectivity index (χ1v) is 12.2. The zero-order valence-electron chi connectivity index (χ0n) is 20.5. The summed E-state index contributed by atoms with van der Waals surface area (Å²) in [5.41, 5.74) is 3.96. The zero-order valence-corrected chi connectivity index (χ0v) is 21.2. The van der Waals surface area contributed by atoms with Gasteiger partial charge in [-0.2, -0.15) is 5.26 Å².